The highest BCUT2D eigenvalue weighted by Gasteiger charge is 2.26. The van der Waals surface area contributed by atoms with Gasteiger partial charge in [0.15, 0.2) is 0 Å². The number of rotatable bonds is 3. The Morgan fingerprint density at radius 2 is 2.23 bits per heavy atom. The SMILES string of the molecule is Cc1ccc2nc(C3CCN(C(=O)OCCCl)CC3)[nH]c2c1. The summed E-state index contributed by atoms with van der Waals surface area (Å²) in [6.45, 7) is 3.73. The van der Waals surface area contributed by atoms with Crippen LogP contribution in [0.1, 0.15) is 30.1 Å². The molecule has 0 aliphatic carbocycles. The van der Waals surface area contributed by atoms with Crippen molar-refractivity contribution in [3.63, 3.8) is 0 Å². The minimum Gasteiger partial charge on any atom is -0.448 e. The molecule has 1 saturated heterocycles. The number of nitrogens with one attached hydrogen (secondary N) is 1. The number of hydrogen-bond donors (Lipinski definition) is 1. The van der Waals surface area contributed by atoms with Gasteiger partial charge in [-0.3, -0.25) is 0 Å². The number of ether oxygens (including phenoxy) is 1. The average molecular weight is 322 g/mol. The molecule has 0 radical (unpaired) electrons. The Morgan fingerprint density at radius 3 is 2.95 bits per heavy atom. The highest BCUT2D eigenvalue weighted by molar-refractivity contribution is 6.18. The molecule has 118 valence electrons. The number of fused-ring (bicyclic) bond motifs is 1. The van der Waals surface area contributed by atoms with Crippen molar-refractivity contribution < 1.29 is 9.53 Å². The standard InChI is InChI=1S/C16H20ClN3O2/c1-11-2-3-13-14(10-11)19-15(18-13)12-4-7-20(8-5-12)16(21)22-9-6-17/h2-3,10,12H,4-9H2,1H3,(H,18,19). The lowest BCUT2D eigenvalue weighted by molar-refractivity contribution is 0.0972. The third-order valence-electron chi connectivity index (χ3n) is 4.10. The van der Waals surface area contributed by atoms with Crippen LogP contribution in [0, 0.1) is 6.92 Å². The largest absolute Gasteiger partial charge is 0.448 e. The number of alkyl halides is 1. The van der Waals surface area contributed by atoms with Crippen LogP contribution in [-0.4, -0.2) is 46.5 Å². The molecule has 1 N–H and O–H groups in total. The van der Waals surface area contributed by atoms with Crippen LogP contribution in [0.15, 0.2) is 18.2 Å². The Morgan fingerprint density at radius 1 is 1.45 bits per heavy atom. The Bertz CT molecular complexity index is 662. The number of aromatic amines is 1. The quantitative estimate of drug-likeness (QED) is 0.881. The molecular formula is C16H20ClN3O2. The maximum absolute atomic E-state index is 11.8. The molecule has 1 aliphatic rings. The summed E-state index contributed by atoms with van der Waals surface area (Å²) < 4.78 is 5.06. The number of aryl methyl sites for hydroxylation is 1. The predicted molar refractivity (Wildman–Crippen MR) is 86.4 cm³/mol. The Hall–Kier alpha value is -1.75. The van der Waals surface area contributed by atoms with Crippen LogP contribution in [0.5, 0.6) is 0 Å². The van der Waals surface area contributed by atoms with Gasteiger partial charge in [-0.25, -0.2) is 9.78 Å². The fourth-order valence-electron chi connectivity index (χ4n) is 2.89. The maximum atomic E-state index is 11.8. The topological polar surface area (TPSA) is 58.2 Å². The zero-order chi connectivity index (χ0) is 15.5. The first-order valence-electron chi connectivity index (χ1n) is 7.61. The smallest absolute Gasteiger partial charge is 0.409 e. The number of halogens is 1. The fourth-order valence-corrected chi connectivity index (χ4v) is 2.97. The first-order chi connectivity index (χ1) is 10.7. The van der Waals surface area contributed by atoms with Crippen LogP contribution in [-0.2, 0) is 4.74 Å². The van der Waals surface area contributed by atoms with Gasteiger partial charge in [-0.1, -0.05) is 6.07 Å². The van der Waals surface area contributed by atoms with Gasteiger partial charge < -0.3 is 14.6 Å². The summed E-state index contributed by atoms with van der Waals surface area (Å²) >= 11 is 5.53. The Balaban J connectivity index is 1.64. The summed E-state index contributed by atoms with van der Waals surface area (Å²) in [5, 5.41) is 0. The minimum absolute atomic E-state index is 0.265. The normalized spacial score (nSPS) is 16.2. The maximum Gasteiger partial charge on any atom is 0.409 e. The highest BCUT2D eigenvalue weighted by atomic mass is 35.5. The number of carbonyl (C=O) groups is 1. The van der Waals surface area contributed by atoms with Crippen LogP contribution in [0.25, 0.3) is 11.0 Å². The van der Waals surface area contributed by atoms with Gasteiger partial charge >= 0.3 is 6.09 Å². The molecule has 6 heteroatoms. The molecule has 5 nitrogen and oxygen atoms in total. The van der Waals surface area contributed by atoms with E-state index in [9.17, 15) is 4.79 Å². The number of imidazole rings is 1. The van der Waals surface area contributed by atoms with Gasteiger partial charge in [-0.2, -0.15) is 0 Å². The third-order valence-corrected chi connectivity index (χ3v) is 4.25. The van der Waals surface area contributed by atoms with Crippen LogP contribution in [0.4, 0.5) is 4.79 Å². The van der Waals surface area contributed by atoms with Crippen molar-refractivity contribution in [3.05, 3.63) is 29.6 Å². The molecule has 3 rings (SSSR count). The summed E-state index contributed by atoms with van der Waals surface area (Å²) in [5.74, 6) is 1.72. The summed E-state index contributed by atoms with van der Waals surface area (Å²) in [6.07, 6.45) is 1.53. The van der Waals surface area contributed by atoms with Crippen LogP contribution >= 0.6 is 11.6 Å². The van der Waals surface area contributed by atoms with Gasteiger partial charge in [0.2, 0.25) is 0 Å². The van der Waals surface area contributed by atoms with Gasteiger partial charge in [0.05, 0.1) is 16.9 Å². The van der Waals surface area contributed by atoms with Gasteiger partial charge in [-0.05, 0) is 37.5 Å². The van der Waals surface area contributed by atoms with Gasteiger partial charge in [-0.15, -0.1) is 11.6 Å². The molecule has 0 spiro atoms. The van der Waals surface area contributed by atoms with Crippen molar-refractivity contribution in [1.29, 1.82) is 0 Å². The molecule has 0 unspecified atom stereocenters. The van der Waals surface area contributed by atoms with Gasteiger partial charge in [0.1, 0.15) is 12.4 Å². The summed E-state index contributed by atoms with van der Waals surface area (Å²) in [5.41, 5.74) is 3.31. The predicted octanol–water partition coefficient (Wildman–Crippen LogP) is 3.43. The molecule has 22 heavy (non-hydrogen) atoms. The number of piperidine rings is 1. The number of likely N-dealkylation sites (tertiary alicyclic amines) is 1. The van der Waals surface area contributed by atoms with Crippen molar-refractivity contribution in [1.82, 2.24) is 14.9 Å². The number of H-pyrrole nitrogens is 1. The van der Waals surface area contributed by atoms with Crippen LogP contribution < -0.4 is 0 Å². The fraction of sp³-hybridized carbons (Fsp3) is 0.500. The van der Waals surface area contributed by atoms with E-state index < -0.39 is 0 Å². The first-order valence-corrected chi connectivity index (χ1v) is 8.15. The van der Waals surface area contributed by atoms with Crippen LogP contribution in [0.2, 0.25) is 0 Å². The zero-order valence-electron chi connectivity index (χ0n) is 12.6. The first kappa shape index (κ1) is 15.2. The number of amides is 1. The van der Waals surface area contributed by atoms with E-state index in [1.807, 2.05) is 6.07 Å². The number of aromatic nitrogens is 2. The molecule has 0 saturated carbocycles. The minimum atomic E-state index is -0.265. The molecule has 0 atom stereocenters. The second-order valence-corrected chi connectivity index (χ2v) is 6.09. The van der Waals surface area contributed by atoms with Crippen LogP contribution in [0.3, 0.4) is 0 Å². The lowest BCUT2D eigenvalue weighted by atomic mass is 9.96. The summed E-state index contributed by atoms with van der Waals surface area (Å²) in [7, 11) is 0. The molecule has 1 aliphatic heterocycles. The van der Waals surface area contributed by atoms with Crippen molar-refractivity contribution in [2.45, 2.75) is 25.7 Å². The van der Waals surface area contributed by atoms with E-state index in [4.69, 9.17) is 16.3 Å². The Kier molecular flexibility index (Phi) is 4.52. The zero-order valence-corrected chi connectivity index (χ0v) is 13.4. The Labute approximate surface area is 134 Å². The number of nitrogens with zero attached hydrogens (tertiary/aromatic N) is 2. The van der Waals surface area contributed by atoms with E-state index in [2.05, 4.69) is 29.0 Å². The van der Waals surface area contributed by atoms with E-state index in [1.165, 1.54) is 5.56 Å². The van der Waals surface area contributed by atoms with Crippen molar-refractivity contribution >= 4 is 28.7 Å². The molecule has 1 aromatic carbocycles. The third kappa shape index (κ3) is 3.19. The van der Waals surface area contributed by atoms with Gasteiger partial charge in [0.25, 0.3) is 0 Å². The lowest BCUT2D eigenvalue weighted by Gasteiger charge is -2.30. The molecule has 2 heterocycles. The van der Waals surface area contributed by atoms with Crippen molar-refractivity contribution in [2.24, 2.45) is 0 Å². The van der Waals surface area contributed by atoms with E-state index in [1.54, 1.807) is 4.90 Å². The highest BCUT2D eigenvalue weighted by Crippen LogP contribution is 2.28. The number of carbonyl (C=O) groups excluding carboxylic acids is 1. The number of benzene rings is 1. The molecule has 1 amide bonds. The van der Waals surface area contributed by atoms with Crippen molar-refractivity contribution in [2.75, 3.05) is 25.6 Å². The van der Waals surface area contributed by atoms with Gasteiger partial charge in [0, 0.05) is 19.0 Å². The summed E-state index contributed by atoms with van der Waals surface area (Å²) in [6, 6.07) is 6.23. The van der Waals surface area contributed by atoms with E-state index >= 15 is 0 Å². The van der Waals surface area contributed by atoms with Crippen molar-refractivity contribution in [3.8, 4) is 0 Å². The lowest BCUT2D eigenvalue weighted by Crippen LogP contribution is -2.38. The molecular weight excluding hydrogens is 302 g/mol. The second kappa shape index (κ2) is 6.57. The molecule has 0 bridgehead atoms. The molecule has 1 aromatic heterocycles. The van der Waals surface area contributed by atoms with E-state index in [0.717, 1.165) is 29.7 Å². The summed E-state index contributed by atoms with van der Waals surface area (Å²) in [4.78, 5) is 21.7. The average Bonchev–Trinajstić information content (AvgIpc) is 2.95. The monoisotopic (exact) mass is 321 g/mol. The number of hydrogen-bond acceptors (Lipinski definition) is 3. The molecule has 2 aromatic rings. The van der Waals surface area contributed by atoms with E-state index in [0.29, 0.717) is 24.9 Å². The second-order valence-electron chi connectivity index (χ2n) is 5.71. The molecule has 1 fully saturated rings. The van der Waals surface area contributed by atoms with E-state index in [-0.39, 0.29) is 12.7 Å².